The van der Waals surface area contributed by atoms with Crippen LogP contribution in [0.15, 0.2) is 84.9 Å². The molecule has 0 saturated carbocycles. The van der Waals surface area contributed by atoms with Crippen molar-refractivity contribution < 1.29 is 14.4 Å². The lowest BCUT2D eigenvalue weighted by Gasteiger charge is -2.40. The maximum Gasteiger partial charge on any atom is 0.231 e. The summed E-state index contributed by atoms with van der Waals surface area (Å²) in [6.07, 6.45) is 1.09. The van der Waals surface area contributed by atoms with Gasteiger partial charge in [-0.05, 0) is 49.2 Å². The van der Waals surface area contributed by atoms with Crippen molar-refractivity contribution in [3.63, 3.8) is 0 Å². The second-order valence-corrected chi connectivity index (χ2v) is 8.84. The zero-order valence-electron chi connectivity index (χ0n) is 19.4. The van der Waals surface area contributed by atoms with Crippen molar-refractivity contribution in [2.75, 3.05) is 19.6 Å². The zero-order chi connectivity index (χ0) is 24.7. The second kappa shape index (κ2) is 10.9. The quantitative estimate of drug-likeness (QED) is 0.405. The number of nitrogens with one attached hydrogen (secondary N) is 1. The van der Waals surface area contributed by atoms with Crippen LogP contribution < -0.4 is 5.32 Å². The highest BCUT2D eigenvalue weighted by Crippen LogP contribution is 2.36. The van der Waals surface area contributed by atoms with E-state index in [-0.39, 0.29) is 18.0 Å². The molecule has 1 saturated heterocycles. The third kappa shape index (κ3) is 5.53. The number of ketones is 2. The molecule has 0 bridgehead atoms. The summed E-state index contributed by atoms with van der Waals surface area (Å²) in [5.41, 5.74) is 1.87. The van der Waals surface area contributed by atoms with Crippen LogP contribution in [0.3, 0.4) is 0 Å². The van der Waals surface area contributed by atoms with Gasteiger partial charge in [-0.1, -0.05) is 72.8 Å². The first-order chi connectivity index (χ1) is 17.0. The predicted molar refractivity (Wildman–Crippen MR) is 133 cm³/mol. The summed E-state index contributed by atoms with van der Waals surface area (Å²) in [4.78, 5) is 40.7. The monoisotopic (exact) mass is 465 g/mol. The van der Waals surface area contributed by atoms with E-state index >= 15 is 0 Å². The molecule has 0 aliphatic carbocycles. The minimum Gasteiger partial charge on any atom is -0.351 e. The highest BCUT2D eigenvalue weighted by Gasteiger charge is 2.43. The highest BCUT2D eigenvalue weighted by molar-refractivity contribution is 6.44. The number of benzene rings is 3. The van der Waals surface area contributed by atoms with Gasteiger partial charge in [-0.3, -0.25) is 19.3 Å². The van der Waals surface area contributed by atoms with Crippen LogP contribution >= 0.6 is 0 Å². The summed E-state index contributed by atoms with van der Waals surface area (Å²) in [5.74, 6) is -1.13. The van der Waals surface area contributed by atoms with E-state index in [0.29, 0.717) is 38.0 Å². The first-order valence-corrected chi connectivity index (χ1v) is 11.7. The Balaban J connectivity index is 1.43. The minimum absolute atomic E-state index is 0.00782. The first-order valence-electron chi connectivity index (χ1n) is 11.7. The van der Waals surface area contributed by atoms with E-state index < -0.39 is 17.0 Å². The normalized spacial score (nSPS) is 15.1. The molecule has 0 aromatic heterocycles. The van der Waals surface area contributed by atoms with Gasteiger partial charge in [0.1, 0.15) is 0 Å². The average Bonchev–Trinajstić information content (AvgIpc) is 2.92. The molecule has 1 aliphatic heterocycles. The Labute approximate surface area is 205 Å². The maximum atomic E-state index is 13.5. The topological polar surface area (TPSA) is 90.3 Å². The molecule has 4 rings (SSSR count). The molecule has 1 heterocycles. The summed E-state index contributed by atoms with van der Waals surface area (Å²) < 4.78 is 0. The largest absolute Gasteiger partial charge is 0.351 e. The van der Waals surface area contributed by atoms with Gasteiger partial charge >= 0.3 is 0 Å². The highest BCUT2D eigenvalue weighted by atomic mass is 16.2. The van der Waals surface area contributed by atoms with Gasteiger partial charge in [0.2, 0.25) is 17.5 Å². The smallest absolute Gasteiger partial charge is 0.231 e. The Morgan fingerprint density at radius 3 is 2.20 bits per heavy atom. The molecule has 0 spiro atoms. The predicted octanol–water partition coefficient (Wildman–Crippen LogP) is 3.66. The van der Waals surface area contributed by atoms with Gasteiger partial charge in [-0.25, -0.2) is 0 Å². The van der Waals surface area contributed by atoms with Crippen LogP contribution in [0.25, 0.3) is 0 Å². The molecule has 3 aromatic carbocycles. The number of rotatable bonds is 8. The molecular formula is C29H27N3O3. The molecule has 1 amide bonds. The van der Waals surface area contributed by atoms with E-state index in [1.807, 2.05) is 71.6 Å². The van der Waals surface area contributed by atoms with E-state index in [2.05, 4.69) is 5.32 Å². The van der Waals surface area contributed by atoms with Crippen LogP contribution in [0, 0.1) is 11.3 Å². The van der Waals surface area contributed by atoms with E-state index in [1.165, 1.54) is 6.07 Å². The van der Waals surface area contributed by atoms with Crippen LogP contribution in [0.2, 0.25) is 0 Å². The Kier molecular flexibility index (Phi) is 7.49. The van der Waals surface area contributed by atoms with Crippen LogP contribution in [-0.4, -0.2) is 42.0 Å². The van der Waals surface area contributed by atoms with Gasteiger partial charge < -0.3 is 5.32 Å². The van der Waals surface area contributed by atoms with Crippen molar-refractivity contribution in [3.8, 4) is 6.07 Å². The molecule has 1 aliphatic rings. The summed E-state index contributed by atoms with van der Waals surface area (Å²) in [5, 5.41) is 12.2. The maximum absolute atomic E-state index is 13.5. The first kappa shape index (κ1) is 24.1. The molecule has 3 aromatic rings. The van der Waals surface area contributed by atoms with E-state index in [0.717, 1.165) is 11.1 Å². The van der Waals surface area contributed by atoms with Crippen LogP contribution in [0.5, 0.6) is 0 Å². The molecule has 6 heteroatoms. The van der Waals surface area contributed by atoms with Gasteiger partial charge in [0.15, 0.2) is 0 Å². The number of hydrogen-bond donors (Lipinski definition) is 1. The molecule has 1 fully saturated rings. The van der Waals surface area contributed by atoms with Crippen molar-refractivity contribution in [2.24, 2.45) is 0 Å². The second-order valence-electron chi connectivity index (χ2n) is 8.84. The van der Waals surface area contributed by atoms with E-state index in [1.54, 1.807) is 18.2 Å². The summed E-state index contributed by atoms with van der Waals surface area (Å²) in [6.45, 7) is 1.48. The van der Waals surface area contributed by atoms with E-state index in [9.17, 15) is 14.4 Å². The third-order valence-electron chi connectivity index (χ3n) is 6.64. The van der Waals surface area contributed by atoms with Gasteiger partial charge in [0, 0.05) is 12.1 Å². The number of carbonyl (C=O) groups is 3. The van der Waals surface area contributed by atoms with Gasteiger partial charge in [0.05, 0.1) is 23.6 Å². The van der Waals surface area contributed by atoms with Gasteiger partial charge in [-0.15, -0.1) is 0 Å². The average molecular weight is 466 g/mol. The minimum atomic E-state index is -0.694. The standard InChI is InChI=1S/C29H27N3O3/c30-19-23-10-7-11-24(18-23)27(34)26(33)21-32-16-14-29(15-17-32,25-12-5-2-6-13-25)28(35)31-20-22-8-3-1-4-9-22/h1-13,18H,14-17,20-21H2,(H,31,35). The number of carbonyl (C=O) groups excluding carboxylic acids is 3. The van der Waals surface area contributed by atoms with Gasteiger partial charge in [-0.2, -0.15) is 5.26 Å². The molecular weight excluding hydrogens is 438 g/mol. The van der Waals surface area contributed by atoms with Crippen molar-refractivity contribution in [1.82, 2.24) is 10.2 Å². The van der Waals surface area contributed by atoms with Crippen LogP contribution in [-0.2, 0) is 21.5 Å². The van der Waals surface area contributed by atoms with E-state index in [4.69, 9.17) is 5.26 Å². The van der Waals surface area contributed by atoms with Crippen molar-refractivity contribution in [3.05, 3.63) is 107 Å². The number of piperidine rings is 1. The van der Waals surface area contributed by atoms with Crippen molar-refractivity contribution in [2.45, 2.75) is 24.8 Å². The lowest BCUT2D eigenvalue weighted by atomic mass is 9.72. The SMILES string of the molecule is N#Cc1cccc(C(=O)C(=O)CN2CCC(C(=O)NCc3ccccc3)(c3ccccc3)CC2)c1. The number of likely N-dealkylation sites (tertiary alicyclic amines) is 1. The van der Waals surface area contributed by atoms with Crippen LogP contribution in [0.4, 0.5) is 0 Å². The van der Waals surface area contributed by atoms with Crippen LogP contribution in [0.1, 0.15) is 39.9 Å². The molecule has 6 nitrogen and oxygen atoms in total. The zero-order valence-corrected chi connectivity index (χ0v) is 19.4. The molecule has 35 heavy (non-hydrogen) atoms. The number of hydrogen-bond acceptors (Lipinski definition) is 5. The fourth-order valence-electron chi connectivity index (χ4n) is 4.61. The van der Waals surface area contributed by atoms with Crippen molar-refractivity contribution in [1.29, 1.82) is 5.26 Å². The molecule has 1 N–H and O–H groups in total. The number of nitriles is 1. The lowest BCUT2D eigenvalue weighted by molar-refractivity contribution is -0.129. The number of nitrogens with zero attached hydrogens (tertiary/aromatic N) is 2. The Bertz CT molecular complexity index is 1240. The molecule has 0 atom stereocenters. The summed E-state index contributed by atoms with van der Waals surface area (Å²) >= 11 is 0. The fourth-order valence-corrected chi connectivity index (χ4v) is 4.61. The number of amides is 1. The fraction of sp³-hybridized carbons (Fsp3) is 0.241. The summed E-state index contributed by atoms with van der Waals surface area (Å²) in [6, 6.07) is 27.7. The summed E-state index contributed by atoms with van der Waals surface area (Å²) in [7, 11) is 0. The Morgan fingerprint density at radius 1 is 0.886 bits per heavy atom. The Morgan fingerprint density at radius 2 is 1.54 bits per heavy atom. The molecule has 0 unspecified atom stereocenters. The lowest BCUT2D eigenvalue weighted by Crippen LogP contribution is -2.52. The third-order valence-corrected chi connectivity index (χ3v) is 6.64. The Hall–Kier alpha value is -4.08. The van der Waals surface area contributed by atoms with Gasteiger partial charge in [0.25, 0.3) is 0 Å². The van der Waals surface area contributed by atoms with Crippen molar-refractivity contribution >= 4 is 17.5 Å². The molecule has 176 valence electrons. The number of Topliss-reactive ketones (excluding diaryl/α,β-unsaturated/α-hetero) is 2. The molecule has 0 radical (unpaired) electrons.